The molecule has 0 saturated carbocycles. The zero-order valence-electron chi connectivity index (χ0n) is 10.5. The van der Waals surface area contributed by atoms with Crippen molar-refractivity contribution in [3.63, 3.8) is 0 Å². The molecule has 0 fully saturated rings. The standard InChI is InChI=1S/C11H12Cl2N2O4S/c1-2-19-11-7(13)3-6(12)10(15-11)14-8(16)4-20-5-9(17)18/h3H,2,4-5H2,1H3,(H,17,18)(H,14,15,16). The number of rotatable bonds is 7. The summed E-state index contributed by atoms with van der Waals surface area (Å²) in [6.07, 6.45) is 0. The van der Waals surface area contributed by atoms with Crippen LogP contribution >= 0.6 is 35.0 Å². The minimum Gasteiger partial charge on any atom is -0.481 e. The van der Waals surface area contributed by atoms with Crippen LogP contribution in [0.25, 0.3) is 0 Å². The summed E-state index contributed by atoms with van der Waals surface area (Å²) in [5, 5.41) is 11.4. The van der Waals surface area contributed by atoms with Crippen LogP contribution in [0.15, 0.2) is 6.07 Å². The van der Waals surface area contributed by atoms with E-state index in [4.69, 9.17) is 33.0 Å². The van der Waals surface area contributed by atoms with Gasteiger partial charge in [0.2, 0.25) is 11.8 Å². The number of pyridine rings is 1. The van der Waals surface area contributed by atoms with Gasteiger partial charge in [-0.15, -0.1) is 11.8 Å². The second-order valence-electron chi connectivity index (χ2n) is 3.47. The number of nitrogens with one attached hydrogen (secondary N) is 1. The van der Waals surface area contributed by atoms with E-state index in [2.05, 4.69) is 10.3 Å². The first kappa shape index (κ1) is 16.9. The molecule has 0 radical (unpaired) electrons. The maximum atomic E-state index is 11.6. The molecule has 1 amide bonds. The number of hydrogen-bond donors (Lipinski definition) is 2. The van der Waals surface area contributed by atoms with Gasteiger partial charge < -0.3 is 15.2 Å². The number of nitrogens with zero attached hydrogens (tertiary/aromatic N) is 1. The van der Waals surface area contributed by atoms with Crippen LogP contribution in [0.3, 0.4) is 0 Å². The van der Waals surface area contributed by atoms with Gasteiger partial charge in [0.25, 0.3) is 0 Å². The smallest absolute Gasteiger partial charge is 0.313 e. The predicted molar refractivity (Wildman–Crippen MR) is 79.0 cm³/mol. The summed E-state index contributed by atoms with van der Waals surface area (Å²) >= 11 is 12.8. The zero-order valence-corrected chi connectivity index (χ0v) is 12.8. The highest BCUT2D eigenvalue weighted by molar-refractivity contribution is 8.00. The maximum absolute atomic E-state index is 11.6. The third kappa shape index (κ3) is 5.44. The fraction of sp³-hybridized carbons (Fsp3) is 0.364. The number of halogens is 2. The van der Waals surface area contributed by atoms with Gasteiger partial charge in [-0.25, -0.2) is 0 Å². The highest BCUT2D eigenvalue weighted by Gasteiger charge is 2.13. The normalized spacial score (nSPS) is 10.2. The fourth-order valence-electron chi connectivity index (χ4n) is 1.17. The van der Waals surface area contributed by atoms with Gasteiger partial charge in [0.15, 0.2) is 5.82 Å². The minimum absolute atomic E-state index is 0.0170. The summed E-state index contributed by atoms with van der Waals surface area (Å²) in [5.41, 5.74) is 0. The number of ether oxygens (including phenoxy) is 1. The third-order valence-electron chi connectivity index (χ3n) is 1.89. The first-order chi connectivity index (χ1) is 9.43. The predicted octanol–water partition coefficient (Wildman–Crippen LogP) is 2.54. The van der Waals surface area contributed by atoms with Crippen LogP contribution in [-0.4, -0.2) is 40.1 Å². The lowest BCUT2D eigenvalue weighted by Crippen LogP contribution is -2.17. The van der Waals surface area contributed by atoms with E-state index in [0.29, 0.717) is 6.61 Å². The van der Waals surface area contributed by atoms with Crippen LogP contribution in [0.5, 0.6) is 5.88 Å². The van der Waals surface area contributed by atoms with Crippen molar-refractivity contribution in [3.05, 3.63) is 16.1 Å². The molecule has 20 heavy (non-hydrogen) atoms. The van der Waals surface area contributed by atoms with E-state index in [1.54, 1.807) is 6.92 Å². The molecule has 0 aliphatic heterocycles. The lowest BCUT2D eigenvalue weighted by molar-refractivity contribution is -0.133. The average Bonchev–Trinajstić information content (AvgIpc) is 2.35. The van der Waals surface area contributed by atoms with Gasteiger partial charge in [-0.05, 0) is 13.0 Å². The van der Waals surface area contributed by atoms with Gasteiger partial charge in [0.05, 0.1) is 23.1 Å². The molecule has 1 rings (SSSR count). The Bertz CT molecular complexity index is 513. The van der Waals surface area contributed by atoms with E-state index in [1.807, 2.05) is 0 Å². The van der Waals surface area contributed by atoms with Crippen molar-refractivity contribution in [2.75, 3.05) is 23.4 Å². The molecule has 9 heteroatoms. The maximum Gasteiger partial charge on any atom is 0.313 e. The summed E-state index contributed by atoms with van der Waals surface area (Å²) in [4.78, 5) is 25.9. The van der Waals surface area contributed by atoms with E-state index < -0.39 is 11.9 Å². The van der Waals surface area contributed by atoms with E-state index in [9.17, 15) is 9.59 Å². The van der Waals surface area contributed by atoms with E-state index >= 15 is 0 Å². The molecule has 0 aliphatic rings. The summed E-state index contributed by atoms with van der Waals surface area (Å²) in [6.45, 7) is 2.14. The van der Waals surface area contributed by atoms with Crippen LogP contribution in [0, 0.1) is 0 Å². The number of thioether (sulfide) groups is 1. The molecule has 2 N–H and O–H groups in total. The van der Waals surface area contributed by atoms with Gasteiger partial charge in [-0.3, -0.25) is 9.59 Å². The Labute approximate surface area is 129 Å². The van der Waals surface area contributed by atoms with Crippen molar-refractivity contribution in [1.29, 1.82) is 0 Å². The quantitative estimate of drug-likeness (QED) is 0.794. The Morgan fingerprint density at radius 3 is 2.70 bits per heavy atom. The van der Waals surface area contributed by atoms with Crippen LogP contribution in [-0.2, 0) is 9.59 Å². The van der Waals surface area contributed by atoms with E-state index in [0.717, 1.165) is 11.8 Å². The molecule has 0 aliphatic carbocycles. The van der Waals surface area contributed by atoms with E-state index in [1.165, 1.54) is 6.07 Å². The molecular weight excluding hydrogens is 327 g/mol. The summed E-state index contributed by atoms with van der Waals surface area (Å²) in [6, 6.07) is 1.42. The Morgan fingerprint density at radius 1 is 1.40 bits per heavy atom. The van der Waals surface area contributed by atoms with Gasteiger partial charge in [-0.1, -0.05) is 23.2 Å². The van der Waals surface area contributed by atoms with Crippen LogP contribution < -0.4 is 10.1 Å². The SMILES string of the molecule is CCOc1nc(NC(=O)CSCC(=O)O)c(Cl)cc1Cl. The average molecular weight is 339 g/mol. The number of carbonyl (C=O) groups excluding carboxylic acids is 1. The minimum atomic E-state index is -0.982. The number of hydrogen-bond acceptors (Lipinski definition) is 5. The summed E-state index contributed by atoms with van der Waals surface area (Å²) < 4.78 is 5.19. The topological polar surface area (TPSA) is 88.5 Å². The summed E-state index contributed by atoms with van der Waals surface area (Å²) in [7, 11) is 0. The van der Waals surface area contributed by atoms with Gasteiger partial charge in [-0.2, -0.15) is 4.98 Å². The third-order valence-corrected chi connectivity index (χ3v) is 3.37. The van der Waals surface area contributed by atoms with Crippen molar-refractivity contribution in [3.8, 4) is 5.88 Å². The van der Waals surface area contributed by atoms with Gasteiger partial charge in [0, 0.05) is 0 Å². The lowest BCUT2D eigenvalue weighted by atomic mass is 10.4. The Morgan fingerprint density at radius 2 is 2.10 bits per heavy atom. The van der Waals surface area contributed by atoms with Crippen molar-refractivity contribution in [2.45, 2.75) is 6.92 Å². The molecule has 0 atom stereocenters. The number of aromatic nitrogens is 1. The first-order valence-corrected chi connectivity index (χ1v) is 7.43. The van der Waals surface area contributed by atoms with Crippen LogP contribution in [0.4, 0.5) is 5.82 Å². The Hall–Kier alpha value is -1.18. The number of aliphatic carboxylic acids is 1. The molecule has 0 aromatic carbocycles. The summed E-state index contributed by atoms with van der Waals surface area (Å²) in [5.74, 6) is -1.26. The molecule has 1 aromatic rings. The zero-order chi connectivity index (χ0) is 15.1. The Kier molecular flexibility index (Phi) is 6.90. The second-order valence-corrected chi connectivity index (χ2v) is 5.27. The Balaban J connectivity index is 2.68. The van der Waals surface area contributed by atoms with Crippen molar-refractivity contribution in [2.24, 2.45) is 0 Å². The molecular formula is C11H12Cl2N2O4S. The van der Waals surface area contributed by atoms with Crippen molar-refractivity contribution in [1.82, 2.24) is 4.98 Å². The highest BCUT2D eigenvalue weighted by Crippen LogP contribution is 2.30. The lowest BCUT2D eigenvalue weighted by Gasteiger charge is -2.10. The molecule has 0 unspecified atom stereocenters. The van der Waals surface area contributed by atoms with E-state index in [-0.39, 0.29) is 33.2 Å². The number of carboxylic acid groups (broad SMARTS) is 1. The van der Waals surface area contributed by atoms with Gasteiger partial charge >= 0.3 is 5.97 Å². The molecule has 1 aromatic heterocycles. The molecule has 110 valence electrons. The van der Waals surface area contributed by atoms with Crippen molar-refractivity contribution >= 4 is 52.7 Å². The second kappa shape index (κ2) is 8.18. The monoisotopic (exact) mass is 338 g/mol. The van der Waals surface area contributed by atoms with Crippen molar-refractivity contribution < 1.29 is 19.4 Å². The van der Waals surface area contributed by atoms with Gasteiger partial charge in [0.1, 0.15) is 5.02 Å². The molecule has 6 nitrogen and oxygen atoms in total. The molecule has 1 heterocycles. The number of anilines is 1. The van der Waals surface area contributed by atoms with Crippen LogP contribution in [0.1, 0.15) is 6.92 Å². The molecule has 0 spiro atoms. The first-order valence-electron chi connectivity index (χ1n) is 5.52. The number of carbonyl (C=O) groups is 2. The number of carboxylic acids is 1. The highest BCUT2D eigenvalue weighted by atomic mass is 35.5. The molecule has 0 saturated heterocycles. The van der Waals surface area contributed by atoms with Crippen LogP contribution in [0.2, 0.25) is 10.0 Å². The fourth-order valence-corrected chi connectivity index (χ4v) is 2.17. The largest absolute Gasteiger partial charge is 0.481 e. The number of amides is 1. The molecule has 0 bridgehead atoms.